The zero-order chi connectivity index (χ0) is 16.0. The van der Waals surface area contributed by atoms with Crippen molar-refractivity contribution in [2.45, 2.75) is 19.3 Å². The van der Waals surface area contributed by atoms with Gasteiger partial charge in [-0.05, 0) is 30.2 Å². The fourth-order valence-corrected chi connectivity index (χ4v) is 5.45. The molecule has 2 aromatic rings. The van der Waals surface area contributed by atoms with E-state index in [-0.39, 0.29) is 11.8 Å². The number of aliphatic carboxylic acids is 1. The monoisotopic (exact) mass is 348 g/mol. The van der Waals surface area contributed by atoms with Gasteiger partial charge in [-0.2, -0.15) is 0 Å². The van der Waals surface area contributed by atoms with Gasteiger partial charge in [0.25, 0.3) is 5.91 Å². The number of fused-ring (bicyclic) bond motifs is 1. The van der Waals surface area contributed by atoms with Gasteiger partial charge >= 0.3 is 5.97 Å². The van der Waals surface area contributed by atoms with Crippen molar-refractivity contribution in [3.05, 3.63) is 28.6 Å². The fraction of sp³-hybridized carbons (Fsp3) is 0.438. The molecule has 3 heterocycles. The Bertz CT molecular complexity index is 755. The van der Waals surface area contributed by atoms with E-state index in [4.69, 9.17) is 0 Å². The van der Waals surface area contributed by atoms with Crippen LogP contribution in [0.5, 0.6) is 0 Å². The number of thiophene rings is 1. The average molecular weight is 348 g/mol. The Morgan fingerprint density at radius 3 is 2.96 bits per heavy atom. The molecule has 2 fully saturated rings. The topological polar surface area (TPSA) is 70.5 Å². The van der Waals surface area contributed by atoms with Crippen LogP contribution in [0, 0.1) is 11.3 Å². The van der Waals surface area contributed by atoms with Crippen LogP contribution in [0.3, 0.4) is 0 Å². The SMILES string of the molecule is O=C(c1csc(-c2cccs2)n1)N1C[C@@H]2CCC[C@@]2(C(=O)O)C1. The van der Waals surface area contributed by atoms with Crippen LogP contribution in [-0.4, -0.2) is 40.0 Å². The highest BCUT2D eigenvalue weighted by molar-refractivity contribution is 7.20. The zero-order valence-corrected chi connectivity index (χ0v) is 14.0. The molecule has 5 nitrogen and oxygen atoms in total. The second-order valence-corrected chi connectivity index (χ2v) is 8.06. The minimum absolute atomic E-state index is 0.0827. The molecular weight excluding hydrogens is 332 g/mol. The standard InChI is InChI=1S/C16H16N2O3S2/c19-14(11-8-23-13(17-11)12-4-2-6-22-12)18-7-10-3-1-5-16(10,9-18)15(20)21/h2,4,6,8,10H,1,3,5,7,9H2,(H,20,21)/t10-,16+/m0/s1. The number of hydrogen-bond acceptors (Lipinski definition) is 5. The van der Waals surface area contributed by atoms with Gasteiger partial charge in [-0.25, -0.2) is 4.98 Å². The molecule has 2 aliphatic rings. The summed E-state index contributed by atoms with van der Waals surface area (Å²) in [7, 11) is 0. The maximum atomic E-state index is 12.7. The van der Waals surface area contributed by atoms with Gasteiger partial charge in [-0.3, -0.25) is 9.59 Å². The van der Waals surface area contributed by atoms with Crippen LogP contribution in [-0.2, 0) is 4.79 Å². The summed E-state index contributed by atoms with van der Waals surface area (Å²) >= 11 is 3.05. The van der Waals surface area contributed by atoms with Gasteiger partial charge in [0.15, 0.2) is 0 Å². The molecule has 0 radical (unpaired) electrons. The molecular formula is C16H16N2O3S2. The highest BCUT2D eigenvalue weighted by Crippen LogP contribution is 2.49. The highest BCUT2D eigenvalue weighted by Gasteiger charge is 2.55. The van der Waals surface area contributed by atoms with E-state index in [0.717, 1.165) is 22.7 Å². The fourth-order valence-electron chi connectivity index (χ4n) is 3.84. The van der Waals surface area contributed by atoms with Crippen LogP contribution in [0.25, 0.3) is 9.88 Å². The Hall–Kier alpha value is -1.73. The van der Waals surface area contributed by atoms with Gasteiger partial charge in [-0.15, -0.1) is 22.7 Å². The van der Waals surface area contributed by atoms with E-state index >= 15 is 0 Å². The Labute approximate surface area is 141 Å². The van der Waals surface area contributed by atoms with Crippen LogP contribution >= 0.6 is 22.7 Å². The largest absolute Gasteiger partial charge is 0.481 e. The van der Waals surface area contributed by atoms with Crippen molar-refractivity contribution in [3.8, 4) is 9.88 Å². The van der Waals surface area contributed by atoms with E-state index in [2.05, 4.69) is 4.98 Å². The van der Waals surface area contributed by atoms with Gasteiger partial charge < -0.3 is 10.0 Å². The maximum absolute atomic E-state index is 12.7. The van der Waals surface area contributed by atoms with Crippen molar-refractivity contribution in [1.29, 1.82) is 0 Å². The summed E-state index contributed by atoms with van der Waals surface area (Å²) in [5.74, 6) is -0.814. The summed E-state index contributed by atoms with van der Waals surface area (Å²) in [4.78, 5) is 31.6. The lowest BCUT2D eigenvalue weighted by molar-refractivity contribution is -0.149. The number of rotatable bonds is 3. The summed E-state index contributed by atoms with van der Waals surface area (Å²) in [6.07, 6.45) is 2.51. The maximum Gasteiger partial charge on any atom is 0.311 e. The van der Waals surface area contributed by atoms with Crippen molar-refractivity contribution in [2.24, 2.45) is 11.3 Å². The van der Waals surface area contributed by atoms with Gasteiger partial charge in [-0.1, -0.05) is 12.5 Å². The van der Waals surface area contributed by atoms with Crippen LogP contribution in [0.1, 0.15) is 29.8 Å². The van der Waals surface area contributed by atoms with E-state index in [1.54, 1.807) is 21.6 Å². The second kappa shape index (κ2) is 5.42. The molecule has 0 unspecified atom stereocenters. The van der Waals surface area contributed by atoms with Gasteiger partial charge in [0, 0.05) is 18.5 Å². The summed E-state index contributed by atoms with van der Waals surface area (Å²) in [6.45, 7) is 0.856. The Kier molecular flexibility index (Phi) is 3.50. The van der Waals surface area contributed by atoms with Crippen LogP contribution in [0.2, 0.25) is 0 Å². The zero-order valence-electron chi connectivity index (χ0n) is 12.4. The van der Waals surface area contributed by atoms with Crippen LogP contribution in [0.4, 0.5) is 0 Å². The van der Waals surface area contributed by atoms with E-state index in [0.29, 0.717) is 25.2 Å². The number of carboxylic acid groups (broad SMARTS) is 1. The predicted molar refractivity (Wildman–Crippen MR) is 88.7 cm³/mol. The van der Waals surface area contributed by atoms with Crippen molar-refractivity contribution in [3.63, 3.8) is 0 Å². The molecule has 2 aromatic heterocycles. The quantitative estimate of drug-likeness (QED) is 0.925. The number of carbonyl (C=O) groups excluding carboxylic acids is 1. The third-order valence-corrected chi connectivity index (χ3v) is 6.92. The molecule has 7 heteroatoms. The molecule has 4 rings (SSSR count). The second-order valence-electron chi connectivity index (χ2n) is 6.25. The molecule has 1 aliphatic heterocycles. The van der Waals surface area contributed by atoms with E-state index in [1.807, 2.05) is 17.5 Å². The van der Waals surface area contributed by atoms with Crippen LogP contribution in [0.15, 0.2) is 22.9 Å². The Balaban J connectivity index is 1.56. The molecule has 120 valence electrons. The molecule has 2 atom stereocenters. The molecule has 0 spiro atoms. The normalized spacial score (nSPS) is 26.4. The molecule has 1 amide bonds. The number of carboxylic acids is 1. The van der Waals surface area contributed by atoms with E-state index in [9.17, 15) is 14.7 Å². The smallest absolute Gasteiger partial charge is 0.311 e. The lowest BCUT2D eigenvalue weighted by Crippen LogP contribution is -2.37. The van der Waals surface area contributed by atoms with Crippen molar-refractivity contribution in [2.75, 3.05) is 13.1 Å². The first-order valence-corrected chi connectivity index (χ1v) is 9.38. The molecule has 1 N–H and O–H groups in total. The summed E-state index contributed by atoms with van der Waals surface area (Å²) in [5, 5.41) is 14.2. The summed E-state index contributed by atoms with van der Waals surface area (Å²) in [5.41, 5.74) is -0.304. The lowest BCUT2D eigenvalue weighted by atomic mass is 9.81. The number of likely N-dealkylation sites (tertiary alicyclic amines) is 1. The van der Waals surface area contributed by atoms with E-state index in [1.165, 1.54) is 11.3 Å². The molecule has 1 aliphatic carbocycles. The van der Waals surface area contributed by atoms with Crippen molar-refractivity contribution < 1.29 is 14.7 Å². The Morgan fingerprint density at radius 2 is 2.26 bits per heavy atom. The molecule has 1 saturated heterocycles. The minimum atomic E-state index is -0.757. The number of thiazole rings is 1. The first-order chi connectivity index (χ1) is 11.1. The third kappa shape index (κ3) is 2.30. The average Bonchev–Trinajstić information content (AvgIpc) is 3.27. The molecule has 1 saturated carbocycles. The lowest BCUT2D eigenvalue weighted by Gasteiger charge is -2.23. The van der Waals surface area contributed by atoms with Gasteiger partial charge in [0.05, 0.1) is 10.3 Å². The number of nitrogens with zero attached hydrogens (tertiary/aromatic N) is 2. The van der Waals surface area contributed by atoms with E-state index < -0.39 is 11.4 Å². The van der Waals surface area contributed by atoms with Crippen molar-refractivity contribution in [1.82, 2.24) is 9.88 Å². The van der Waals surface area contributed by atoms with Crippen LogP contribution < -0.4 is 0 Å². The molecule has 0 aromatic carbocycles. The molecule has 0 bridgehead atoms. The number of aromatic nitrogens is 1. The summed E-state index contributed by atoms with van der Waals surface area (Å²) in [6, 6.07) is 3.94. The number of carbonyl (C=O) groups is 2. The minimum Gasteiger partial charge on any atom is -0.481 e. The van der Waals surface area contributed by atoms with Gasteiger partial charge in [0.1, 0.15) is 10.7 Å². The first-order valence-electron chi connectivity index (χ1n) is 7.62. The van der Waals surface area contributed by atoms with Gasteiger partial charge in [0.2, 0.25) is 0 Å². The predicted octanol–water partition coefficient (Wildman–Crippen LogP) is 3.20. The summed E-state index contributed by atoms with van der Waals surface area (Å²) < 4.78 is 0. The Morgan fingerprint density at radius 1 is 1.39 bits per heavy atom. The van der Waals surface area contributed by atoms with Crippen molar-refractivity contribution >= 4 is 34.6 Å². The first kappa shape index (κ1) is 14.8. The highest BCUT2D eigenvalue weighted by atomic mass is 32.1. The third-order valence-electron chi connectivity index (χ3n) is 5.04. The number of hydrogen-bond donors (Lipinski definition) is 1. The molecule has 23 heavy (non-hydrogen) atoms. The number of amides is 1.